The highest BCUT2D eigenvalue weighted by atomic mass is 35.5. The van der Waals surface area contributed by atoms with Gasteiger partial charge in [0.1, 0.15) is 5.82 Å². The van der Waals surface area contributed by atoms with E-state index < -0.39 is 5.97 Å². The number of carboxylic acid groups (broad SMARTS) is 1. The molecule has 0 radical (unpaired) electrons. The second-order valence-electron chi connectivity index (χ2n) is 4.69. The normalized spacial score (nSPS) is 24.6. The second-order valence-corrected chi connectivity index (χ2v) is 5.09. The molecule has 0 atom stereocenters. The summed E-state index contributed by atoms with van der Waals surface area (Å²) in [6.45, 7) is 2.24. The topological polar surface area (TPSA) is 63.1 Å². The van der Waals surface area contributed by atoms with Gasteiger partial charge in [0, 0.05) is 5.92 Å². The fourth-order valence-electron chi connectivity index (χ4n) is 2.25. The second kappa shape index (κ2) is 5.00. The fourth-order valence-corrected chi connectivity index (χ4v) is 2.42. The van der Waals surface area contributed by atoms with Gasteiger partial charge in [-0.25, -0.2) is 14.8 Å². The minimum absolute atomic E-state index is 0.0877. The van der Waals surface area contributed by atoms with Crippen molar-refractivity contribution in [3.8, 4) is 0 Å². The van der Waals surface area contributed by atoms with Crippen LogP contribution in [0.1, 0.15) is 54.8 Å². The minimum Gasteiger partial charge on any atom is -0.476 e. The molecule has 0 bridgehead atoms. The molecule has 17 heavy (non-hydrogen) atoms. The number of carboxylic acids is 1. The van der Waals surface area contributed by atoms with Crippen molar-refractivity contribution in [2.45, 2.75) is 38.5 Å². The average Bonchev–Trinajstić information content (AvgIpc) is 2.30. The Kier molecular flexibility index (Phi) is 3.62. The molecule has 0 aromatic carbocycles. The van der Waals surface area contributed by atoms with Crippen molar-refractivity contribution in [2.75, 3.05) is 0 Å². The van der Waals surface area contributed by atoms with Crippen LogP contribution >= 0.6 is 11.6 Å². The highest BCUT2D eigenvalue weighted by Crippen LogP contribution is 2.34. The highest BCUT2D eigenvalue weighted by Gasteiger charge is 2.23. The van der Waals surface area contributed by atoms with Crippen LogP contribution in [-0.2, 0) is 0 Å². The maximum atomic E-state index is 10.9. The van der Waals surface area contributed by atoms with E-state index in [9.17, 15) is 4.79 Å². The van der Waals surface area contributed by atoms with Crippen molar-refractivity contribution < 1.29 is 9.90 Å². The zero-order valence-corrected chi connectivity index (χ0v) is 10.4. The van der Waals surface area contributed by atoms with Gasteiger partial charge >= 0.3 is 5.97 Å². The van der Waals surface area contributed by atoms with E-state index in [1.54, 1.807) is 0 Å². The lowest BCUT2D eigenvalue weighted by Gasteiger charge is -2.25. The van der Waals surface area contributed by atoms with Crippen LogP contribution in [0.5, 0.6) is 0 Å². The summed E-state index contributed by atoms with van der Waals surface area (Å²) in [6, 6.07) is 0. The number of nitrogens with zero attached hydrogens (tertiary/aromatic N) is 2. The summed E-state index contributed by atoms with van der Waals surface area (Å²) < 4.78 is 0. The molecule has 1 aromatic rings. The first-order valence-corrected chi connectivity index (χ1v) is 6.21. The van der Waals surface area contributed by atoms with Gasteiger partial charge in [0.25, 0.3) is 0 Å². The summed E-state index contributed by atoms with van der Waals surface area (Å²) in [4.78, 5) is 19.2. The molecule has 0 saturated heterocycles. The Hall–Kier alpha value is -1.16. The summed E-state index contributed by atoms with van der Waals surface area (Å²) in [5.41, 5.74) is -0.0877. The Labute approximate surface area is 105 Å². The summed E-state index contributed by atoms with van der Waals surface area (Å²) in [5, 5.41) is 9.06. The molecule has 1 fully saturated rings. The predicted octanol–water partition coefficient (Wildman–Crippen LogP) is 3.12. The molecule has 1 saturated carbocycles. The first-order chi connectivity index (χ1) is 8.08. The number of rotatable bonds is 2. The monoisotopic (exact) mass is 254 g/mol. The van der Waals surface area contributed by atoms with E-state index in [0.717, 1.165) is 31.6 Å². The number of aromatic carboxylic acids is 1. The van der Waals surface area contributed by atoms with Gasteiger partial charge in [-0.05, 0) is 18.8 Å². The van der Waals surface area contributed by atoms with Gasteiger partial charge in [0.05, 0.1) is 11.2 Å². The molecule has 0 spiro atoms. The Morgan fingerprint density at radius 3 is 2.65 bits per heavy atom. The molecule has 2 rings (SSSR count). The smallest absolute Gasteiger partial charge is 0.356 e. The number of hydrogen-bond acceptors (Lipinski definition) is 3. The third-order valence-electron chi connectivity index (χ3n) is 3.35. The Balaban J connectivity index is 2.21. The lowest BCUT2D eigenvalue weighted by Crippen LogP contribution is -2.15. The minimum atomic E-state index is -1.09. The van der Waals surface area contributed by atoms with Crippen molar-refractivity contribution in [2.24, 2.45) is 5.92 Å². The molecule has 0 aliphatic heterocycles. The zero-order chi connectivity index (χ0) is 12.4. The summed E-state index contributed by atoms with van der Waals surface area (Å²) in [5.74, 6) is 0.556. The van der Waals surface area contributed by atoms with E-state index in [4.69, 9.17) is 16.7 Å². The van der Waals surface area contributed by atoms with Crippen LogP contribution in [-0.4, -0.2) is 21.0 Å². The molecule has 1 heterocycles. The van der Waals surface area contributed by atoms with Crippen LogP contribution in [0.3, 0.4) is 0 Å². The molecular formula is C12H15ClN2O2. The van der Waals surface area contributed by atoms with Crippen LogP contribution < -0.4 is 0 Å². The molecule has 1 aromatic heterocycles. The number of aromatic nitrogens is 2. The first kappa shape index (κ1) is 12.3. The molecule has 92 valence electrons. The number of hydrogen-bond donors (Lipinski definition) is 1. The third kappa shape index (κ3) is 2.75. The fraction of sp³-hybridized carbons (Fsp3) is 0.583. The van der Waals surface area contributed by atoms with Gasteiger partial charge < -0.3 is 5.11 Å². The SMILES string of the molecule is CC1CCC(c2ncc(Cl)c(C(=O)O)n2)CC1. The van der Waals surface area contributed by atoms with Crippen LogP contribution in [0.15, 0.2) is 6.20 Å². The van der Waals surface area contributed by atoms with Gasteiger partial charge in [0.15, 0.2) is 5.69 Å². The van der Waals surface area contributed by atoms with E-state index in [1.165, 1.54) is 6.20 Å². The van der Waals surface area contributed by atoms with Crippen molar-refractivity contribution in [3.05, 3.63) is 22.7 Å². The third-order valence-corrected chi connectivity index (χ3v) is 3.62. The van der Waals surface area contributed by atoms with Gasteiger partial charge in [-0.2, -0.15) is 0 Å². The molecular weight excluding hydrogens is 240 g/mol. The summed E-state index contributed by atoms with van der Waals surface area (Å²) in [7, 11) is 0. The summed E-state index contributed by atoms with van der Waals surface area (Å²) in [6.07, 6.45) is 5.76. The Morgan fingerprint density at radius 1 is 1.41 bits per heavy atom. The van der Waals surface area contributed by atoms with E-state index in [2.05, 4.69) is 16.9 Å². The average molecular weight is 255 g/mol. The van der Waals surface area contributed by atoms with Crippen molar-refractivity contribution in [1.82, 2.24) is 9.97 Å². The van der Waals surface area contributed by atoms with Gasteiger partial charge in [0.2, 0.25) is 0 Å². The first-order valence-electron chi connectivity index (χ1n) is 5.83. The molecule has 1 aliphatic rings. The van der Waals surface area contributed by atoms with Crippen molar-refractivity contribution >= 4 is 17.6 Å². The maximum Gasteiger partial charge on any atom is 0.356 e. The zero-order valence-electron chi connectivity index (χ0n) is 9.69. The lowest BCUT2D eigenvalue weighted by atomic mass is 9.82. The molecule has 1 N–H and O–H groups in total. The van der Waals surface area contributed by atoms with Gasteiger partial charge in [-0.3, -0.25) is 0 Å². The Bertz CT molecular complexity index is 429. The molecule has 1 aliphatic carbocycles. The van der Waals surface area contributed by atoms with Crippen LogP contribution in [0.4, 0.5) is 0 Å². The van der Waals surface area contributed by atoms with E-state index in [0.29, 0.717) is 5.82 Å². The van der Waals surface area contributed by atoms with Crippen molar-refractivity contribution in [3.63, 3.8) is 0 Å². The van der Waals surface area contributed by atoms with E-state index >= 15 is 0 Å². The van der Waals surface area contributed by atoms with Crippen molar-refractivity contribution in [1.29, 1.82) is 0 Å². The number of halogens is 1. The van der Waals surface area contributed by atoms with E-state index in [1.807, 2.05) is 0 Å². The largest absolute Gasteiger partial charge is 0.476 e. The Morgan fingerprint density at radius 2 is 2.06 bits per heavy atom. The quantitative estimate of drug-likeness (QED) is 0.881. The van der Waals surface area contributed by atoms with Crippen LogP contribution in [0.25, 0.3) is 0 Å². The summed E-state index contributed by atoms with van der Waals surface area (Å²) >= 11 is 5.75. The molecule has 0 unspecified atom stereocenters. The highest BCUT2D eigenvalue weighted by molar-refractivity contribution is 6.33. The lowest BCUT2D eigenvalue weighted by molar-refractivity contribution is 0.0690. The van der Waals surface area contributed by atoms with E-state index in [-0.39, 0.29) is 16.6 Å². The molecule has 0 amide bonds. The maximum absolute atomic E-state index is 10.9. The number of carbonyl (C=O) groups is 1. The van der Waals surface area contributed by atoms with Gasteiger partial charge in [-0.1, -0.05) is 31.4 Å². The van der Waals surface area contributed by atoms with Crippen LogP contribution in [0.2, 0.25) is 5.02 Å². The molecule has 4 nitrogen and oxygen atoms in total. The van der Waals surface area contributed by atoms with Gasteiger partial charge in [-0.15, -0.1) is 0 Å². The standard InChI is InChI=1S/C12H15ClN2O2/c1-7-2-4-8(5-3-7)11-14-6-9(13)10(15-11)12(16)17/h6-8H,2-5H2,1H3,(H,16,17). The molecule has 5 heteroatoms. The van der Waals surface area contributed by atoms with Crippen LogP contribution in [0, 0.1) is 5.92 Å². The predicted molar refractivity (Wildman–Crippen MR) is 64.4 cm³/mol.